The van der Waals surface area contributed by atoms with Crippen LogP contribution in [-0.2, 0) is 9.53 Å². The van der Waals surface area contributed by atoms with Gasteiger partial charge in [0.15, 0.2) is 5.84 Å². The zero-order valence-corrected chi connectivity index (χ0v) is 11.0. The van der Waals surface area contributed by atoms with Crippen molar-refractivity contribution in [2.24, 2.45) is 10.9 Å². The van der Waals surface area contributed by atoms with Crippen LogP contribution in [-0.4, -0.2) is 36.7 Å². The van der Waals surface area contributed by atoms with Gasteiger partial charge in [-0.2, -0.15) is 0 Å². The number of nitrogens with two attached hydrogens (primary N) is 1. The molecule has 0 aliphatic heterocycles. The molecule has 1 rings (SSSR count). The lowest BCUT2D eigenvalue weighted by molar-refractivity contribution is -0.121. The predicted octanol–water partition coefficient (Wildman–Crippen LogP) is 0.668. The summed E-state index contributed by atoms with van der Waals surface area (Å²) >= 11 is 0. The number of oxime groups is 1. The summed E-state index contributed by atoms with van der Waals surface area (Å²) in [6, 6.07) is 8.91. The number of amides is 1. The van der Waals surface area contributed by atoms with Gasteiger partial charge in [-0.3, -0.25) is 4.79 Å². The van der Waals surface area contributed by atoms with Gasteiger partial charge in [0.2, 0.25) is 5.91 Å². The molecule has 2 unspecified atom stereocenters. The van der Waals surface area contributed by atoms with E-state index >= 15 is 0 Å². The molecule has 19 heavy (non-hydrogen) atoms. The standard InChI is InChI=1S/C13H19N3O3/c1-9(19-2)8-15-13(17)11(12(14)16-18)10-6-4-3-5-7-10/h3-7,9,11,18H,8H2,1-2H3,(H2,14,16)(H,15,17). The molecule has 0 aliphatic carbocycles. The van der Waals surface area contributed by atoms with Gasteiger partial charge in [-0.15, -0.1) is 0 Å². The number of ether oxygens (including phenoxy) is 1. The van der Waals surface area contributed by atoms with E-state index in [4.69, 9.17) is 15.7 Å². The second kappa shape index (κ2) is 7.38. The number of nitrogens with one attached hydrogen (secondary N) is 1. The molecular weight excluding hydrogens is 246 g/mol. The minimum absolute atomic E-state index is 0.104. The highest BCUT2D eigenvalue weighted by molar-refractivity contribution is 6.07. The minimum Gasteiger partial charge on any atom is -0.409 e. The van der Waals surface area contributed by atoms with Crippen LogP contribution in [0.1, 0.15) is 18.4 Å². The Bertz CT molecular complexity index is 434. The zero-order valence-electron chi connectivity index (χ0n) is 11.0. The summed E-state index contributed by atoms with van der Waals surface area (Å²) in [5.41, 5.74) is 6.26. The molecule has 0 spiro atoms. The average molecular weight is 265 g/mol. The van der Waals surface area contributed by atoms with Gasteiger partial charge in [0.25, 0.3) is 0 Å². The molecule has 0 aromatic heterocycles. The van der Waals surface area contributed by atoms with Crippen molar-refractivity contribution in [1.29, 1.82) is 0 Å². The van der Waals surface area contributed by atoms with Crippen LogP contribution in [0.5, 0.6) is 0 Å². The Balaban J connectivity index is 2.84. The van der Waals surface area contributed by atoms with Gasteiger partial charge >= 0.3 is 0 Å². The van der Waals surface area contributed by atoms with Crippen molar-refractivity contribution in [1.82, 2.24) is 5.32 Å². The van der Waals surface area contributed by atoms with E-state index in [2.05, 4.69) is 10.5 Å². The van der Waals surface area contributed by atoms with Crippen LogP contribution in [0.15, 0.2) is 35.5 Å². The van der Waals surface area contributed by atoms with Crippen LogP contribution in [0.2, 0.25) is 0 Å². The average Bonchev–Trinajstić information content (AvgIpc) is 2.45. The molecule has 1 aromatic carbocycles. The topological polar surface area (TPSA) is 96.9 Å². The second-order valence-corrected chi connectivity index (χ2v) is 4.16. The third kappa shape index (κ3) is 4.26. The lowest BCUT2D eigenvalue weighted by Crippen LogP contribution is -2.40. The van der Waals surface area contributed by atoms with Gasteiger partial charge in [-0.05, 0) is 12.5 Å². The normalized spacial score (nSPS) is 14.7. The van der Waals surface area contributed by atoms with Gasteiger partial charge in [0, 0.05) is 13.7 Å². The molecule has 2 atom stereocenters. The highest BCUT2D eigenvalue weighted by atomic mass is 16.5. The van der Waals surface area contributed by atoms with Gasteiger partial charge < -0.3 is 21.0 Å². The minimum atomic E-state index is -0.810. The van der Waals surface area contributed by atoms with Crippen molar-refractivity contribution < 1.29 is 14.7 Å². The van der Waals surface area contributed by atoms with E-state index in [-0.39, 0.29) is 17.8 Å². The zero-order chi connectivity index (χ0) is 14.3. The van der Waals surface area contributed by atoms with E-state index < -0.39 is 5.92 Å². The maximum atomic E-state index is 12.1. The molecule has 0 aliphatic rings. The van der Waals surface area contributed by atoms with Crippen LogP contribution in [0, 0.1) is 0 Å². The molecule has 0 saturated heterocycles. The van der Waals surface area contributed by atoms with E-state index in [1.807, 2.05) is 13.0 Å². The molecule has 1 aromatic rings. The van der Waals surface area contributed by atoms with Crippen molar-refractivity contribution >= 4 is 11.7 Å². The van der Waals surface area contributed by atoms with Crippen molar-refractivity contribution in [3.8, 4) is 0 Å². The largest absolute Gasteiger partial charge is 0.409 e. The summed E-state index contributed by atoms with van der Waals surface area (Å²) in [6.07, 6.45) is -0.104. The van der Waals surface area contributed by atoms with Gasteiger partial charge in [0.05, 0.1) is 6.10 Å². The summed E-state index contributed by atoms with van der Waals surface area (Å²) in [5.74, 6) is -1.28. The molecule has 0 saturated carbocycles. The van der Waals surface area contributed by atoms with Gasteiger partial charge in [-0.1, -0.05) is 35.5 Å². The fourth-order valence-electron chi connectivity index (χ4n) is 1.59. The Hall–Kier alpha value is -2.08. The van der Waals surface area contributed by atoms with Gasteiger partial charge in [-0.25, -0.2) is 0 Å². The second-order valence-electron chi connectivity index (χ2n) is 4.16. The number of amidine groups is 1. The SMILES string of the molecule is COC(C)CNC(=O)C(/C(N)=N/O)c1ccccc1. The number of carbonyl (C=O) groups excluding carboxylic acids is 1. The summed E-state index contributed by atoms with van der Waals surface area (Å²) < 4.78 is 5.05. The Morgan fingerprint density at radius 3 is 2.63 bits per heavy atom. The van der Waals surface area contributed by atoms with Crippen molar-refractivity contribution in [2.75, 3.05) is 13.7 Å². The molecule has 4 N–H and O–H groups in total. The van der Waals surface area contributed by atoms with Crippen LogP contribution in [0.4, 0.5) is 0 Å². The highest BCUT2D eigenvalue weighted by Crippen LogP contribution is 2.16. The van der Waals surface area contributed by atoms with Gasteiger partial charge in [0.1, 0.15) is 5.92 Å². The molecule has 104 valence electrons. The van der Waals surface area contributed by atoms with E-state index in [9.17, 15) is 4.79 Å². The number of methoxy groups -OCH3 is 1. The molecule has 0 radical (unpaired) electrons. The first-order chi connectivity index (χ1) is 9.10. The number of hydrogen-bond donors (Lipinski definition) is 3. The molecular formula is C13H19N3O3. The molecule has 0 fully saturated rings. The van der Waals surface area contributed by atoms with Crippen LogP contribution >= 0.6 is 0 Å². The van der Waals surface area contributed by atoms with E-state index in [1.54, 1.807) is 31.4 Å². The first-order valence-corrected chi connectivity index (χ1v) is 5.93. The first kappa shape index (κ1) is 15.0. The summed E-state index contributed by atoms with van der Waals surface area (Å²) in [4.78, 5) is 12.1. The van der Waals surface area contributed by atoms with Crippen LogP contribution < -0.4 is 11.1 Å². The number of nitrogens with zero attached hydrogens (tertiary/aromatic N) is 1. The molecule has 0 bridgehead atoms. The van der Waals surface area contributed by atoms with Crippen molar-refractivity contribution in [3.63, 3.8) is 0 Å². The van der Waals surface area contributed by atoms with Crippen molar-refractivity contribution in [3.05, 3.63) is 35.9 Å². The highest BCUT2D eigenvalue weighted by Gasteiger charge is 2.25. The fourth-order valence-corrected chi connectivity index (χ4v) is 1.59. The third-order valence-electron chi connectivity index (χ3n) is 2.77. The Morgan fingerprint density at radius 1 is 1.47 bits per heavy atom. The Labute approximate surface area is 112 Å². The number of hydrogen-bond acceptors (Lipinski definition) is 4. The Morgan fingerprint density at radius 2 is 2.11 bits per heavy atom. The van der Waals surface area contributed by atoms with Crippen molar-refractivity contribution in [2.45, 2.75) is 18.9 Å². The first-order valence-electron chi connectivity index (χ1n) is 5.93. The fraction of sp³-hybridized carbons (Fsp3) is 0.385. The maximum Gasteiger partial charge on any atom is 0.235 e. The number of benzene rings is 1. The van der Waals surface area contributed by atoms with Crippen LogP contribution in [0.3, 0.4) is 0 Å². The van der Waals surface area contributed by atoms with E-state index in [1.165, 1.54) is 0 Å². The Kier molecular flexibility index (Phi) is 5.81. The molecule has 0 heterocycles. The molecule has 6 heteroatoms. The number of carbonyl (C=O) groups is 1. The molecule has 6 nitrogen and oxygen atoms in total. The smallest absolute Gasteiger partial charge is 0.235 e. The molecule has 1 amide bonds. The van der Waals surface area contributed by atoms with Crippen LogP contribution in [0.25, 0.3) is 0 Å². The summed E-state index contributed by atoms with van der Waals surface area (Å²) in [7, 11) is 1.56. The van der Waals surface area contributed by atoms with E-state index in [0.717, 1.165) is 0 Å². The summed E-state index contributed by atoms with van der Waals surface area (Å²) in [6.45, 7) is 2.19. The van der Waals surface area contributed by atoms with E-state index in [0.29, 0.717) is 12.1 Å². The summed E-state index contributed by atoms with van der Waals surface area (Å²) in [5, 5.41) is 14.4. The quantitative estimate of drug-likeness (QED) is 0.305. The third-order valence-corrected chi connectivity index (χ3v) is 2.77. The lowest BCUT2D eigenvalue weighted by atomic mass is 9.97. The number of rotatable bonds is 6. The maximum absolute atomic E-state index is 12.1. The lowest BCUT2D eigenvalue weighted by Gasteiger charge is -2.17. The monoisotopic (exact) mass is 265 g/mol. The predicted molar refractivity (Wildman–Crippen MR) is 72.1 cm³/mol.